The average molecular weight is 220 g/mol. The summed E-state index contributed by atoms with van der Waals surface area (Å²) in [6.07, 6.45) is 0. The third-order valence-electron chi connectivity index (χ3n) is 1.82. The molecule has 0 aliphatic carbocycles. The highest BCUT2D eigenvalue weighted by molar-refractivity contribution is 5.69. The summed E-state index contributed by atoms with van der Waals surface area (Å²) in [7, 11) is 0. The van der Waals surface area contributed by atoms with E-state index in [0.29, 0.717) is 17.1 Å². The third kappa shape index (κ3) is 2.14. The number of benzene rings is 1. The van der Waals surface area contributed by atoms with Gasteiger partial charge in [-0.2, -0.15) is 5.21 Å². The summed E-state index contributed by atoms with van der Waals surface area (Å²) in [5.74, 6) is -0.268. The Bertz CT molecular complexity index is 483. The zero-order valence-corrected chi connectivity index (χ0v) is 8.12. The highest BCUT2D eigenvalue weighted by Crippen LogP contribution is 2.25. The predicted molar refractivity (Wildman–Crippen MR) is 52.7 cm³/mol. The summed E-state index contributed by atoms with van der Waals surface area (Å²) in [6, 6.07) is 6.89. The molecule has 0 saturated carbocycles. The minimum absolute atomic E-state index is 0.362. The molecule has 7 heteroatoms. The Hall–Kier alpha value is -2.44. The zero-order valence-electron chi connectivity index (χ0n) is 8.12. The second-order valence-electron chi connectivity index (χ2n) is 2.91. The topological polar surface area (TPSA) is 101 Å². The minimum Gasteiger partial charge on any atom is -0.481 e. The molecule has 82 valence electrons. The maximum Gasteiger partial charge on any atom is 0.341 e. The van der Waals surface area contributed by atoms with Gasteiger partial charge in [-0.3, -0.25) is 0 Å². The number of hydrogen-bond acceptors (Lipinski definition) is 5. The van der Waals surface area contributed by atoms with E-state index in [2.05, 4.69) is 20.6 Å². The van der Waals surface area contributed by atoms with E-state index in [9.17, 15) is 4.79 Å². The zero-order chi connectivity index (χ0) is 11.4. The Morgan fingerprint density at radius 1 is 1.44 bits per heavy atom. The van der Waals surface area contributed by atoms with E-state index in [1.54, 1.807) is 24.3 Å². The van der Waals surface area contributed by atoms with Crippen LogP contribution in [0.1, 0.15) is 0 Å². The number of aromatic amines is 1. The van der Waals surface area contributed by atoms with Crippen molar-refractivity contribution in [2.75, 3.05) is 6.61 Å². The van der Waals surface area contributed by atoms with Crippen molar-refractivity contribution in [1.82, 2.24) is 20.6 Å². The number of para-hydroxylation sites is 1. The van der Waals surface area contributed by atoms with Gasteiger partial charge >= 0.3 is 5.97 Å². The standard InChI is InChI=1S/C9H8N4O3/c14-8(15)5-16-7-4-2-1-3-6(7)9-10-12-13-11-9/h1-4H,5H2,(H,14,15)(H,10,11,12,13). The third-order valence-corrected chi connectivity index (χ3v) is 1.82. The summed E-state index contributed by atoms with van der Waals surface area (Å²) in [4.78, 5) is 10.4. The predicted octanol–water partition coefficient (Wildman–Crippen LogP) is 0.330. The van der Waals surface area contributed by atoms with Crippen LogP contribution in [-0.4, -0.2) is 38.3 Å². The fraction of sp³-hybridized carbons (Fsp3) is 0.111. The second-order valence-corrected chi connectivity index (χ2v) is 2.91. The van der Waals surface area contributed by atoms with Gasteiger partial charge in [0.1, 0.15) is 5.75 Å². The molecule has 0 atom stereocenters. The van der Waals surface area contributed by atoms with Gasteiger partial charge in [0.15, 0.2) is 6.61 Å². The molecule has 16 heavy (non-hydrogen) atoms. The number of carboxylic acids is 1. The summed E-state index contributed by atoms with van der Waals surface area (Å²) in [5.41, 5.74) is 0.595. The van der Waals surface area contributed by atoms with Gasteiger partial charge in [0.05, 0.1) is 5.56 Å². The van der Waals surface area contributed by atoms with Gasteiger partial charge in [-0.1, -0.05) is 12.1 Å². The van der Waals surface area contributed by atoms with Crippen LogP contribution in [0.5, 0.6) is 5.75 Å². The lowest BCUT2D eigenvalue weighted by Gasteiger charge is -2.06. The number of ether oxygens (including phenoxy) is 1. The van der Waals surface area contributed by atoms with Gasteiger partial charge in [-0.15, -0.1) is 10.2 Å². The van der Waals surface area contributed by atoms with Crippen LogP contribution in [0, 0.1) is 0 Å². The van der Waals surface area contributed by atoms with Crippen LogP contribution in [0.2, 0.25) is 0 Å². The van der Waals surface area contributed by atoms with Crippen molar-refractivity contribution in [1.29, 1.82) is 0 Å². The molecule has 7 nitrogen and oxygen atoms in total. The molecular weight excluding hydrogens is 212 g/mol. The van der Waals surface area contributed by atoms with Crippen molar-refractivity contribution >= 4 is 5.97 Å². The first-order valence-corrected chi connectivity index (χ1v) is 4.45. The van der Waals surface area contributed by atoms with Gasteiger partial charge in [0.25, 0.3) is 0 Å². The molecular formula is C9H8N4O3. The molecule has 2 rings (SSSR count). The number of aromatic nitrogens is 4. The number of nitrogens with one attached hydrogen (secondary N) is 1. The van der Waals surface area contributed by atoms with E-state index in [1.165, 1.54) is 0 Å². The largest absolute Gasteiger partial charge is 0.481 e. The first-order valence-electron chi connectivity index (χ1n) is 4.45. The molecule has 0 saturated heterocycles. The molecule has 0 radical (unpaired) electrons. The molecule has 0 unspecified atom stereocenters. The fourth-order valence-electron chi connectivity index (χ4n) is 1.19. The van der Waals surface area contributed by atoms with E-state index in [-0.39, 0.29) is 0 Å². The van der Waals surface area contributed by atoms with Gasteiger partial charge in [-0.05, 0) is 17.3 Å². The molecule has 1 aromatic carbocycles. The second kappa shape index (κ2) is 4.39. The highest BCUT2D eigenvalue weighted by atomic mass is 16.5. The first-order chi connectivity index (χ1) is 7.77. The molecule has 0 spiro atoms. The van der Waals surface area contributed by atoms with E-state index >= 15 is 0 Å². The SMILES string of the molecule is O=C(O)COc1ccccc1-c1nn[nH]n1. The van der Waals surface area contributed by atoms with E-state index in [1.807, 2.05) is 0 Å². The normalized spacial score (nSPS) is 10.0. The molecule has 1 heterocycles. The lowest BCUT2D eigenvalue weighted by molar-refractivity contribution is -0.139. The Morgan fingerprint density at radius 3 is 2.94 bits per heavy atom. The van der Waals surface area contributed by atoms with Crippen molar-refractivity contribution in [3.8, 4) is 17.1 Å². The Labute approximate surface area is 90.1 Å². The number of carbonyl (C=O) groups is 1. The van der Waals surface area contributed by atoms with E-state index in [0.717, 1.165) is 0 Å². The van der Waals surface area contributed by atoms with Crippen LogP contribution in [-0.2, 0) is 4.79 Å². The molecule has 0 aliphatic heterocycles. The first kappa shape index (κ1) is 10.1. The van der Waals surface area contributed by atoms with Gasteiger partial charge in [0, 0.05) is 0 Å². The van der Waals surface area contributed by atoms with Crippen molar-refractivity contribution in [3.63, 3.8) is 0 Å². The van der Waals surface area contributed by atoms with Gasteiger partial charge < -0.3 is 9.84 Å². The number of aliphatic carboxylic acids is 1. The average Bonchev–Trinajstić information content (AvgIpc) is 2.80. The highest BCUT2D eigenvalue weighted by Gasteiger charge is 2.10. The molecule has 0 amide bonds. The number of carboxylic acid groups (broad SMARTS) is 1. The summed E-state index contributed by atoms with van der Waals surface area (Å²) in [6.45, 7) is -0.408. The number of hydrogen-bond donors (Lipinski definition) is 2. The monoisotopic (exact) mass is 220 g/mol. The Morgan fingerprint density at radius 2 is 2.25 bits per heavy atom. The van der Waals surface area contributed by atoms with Crippen LogP contribution in [0.3, 0.4) is 0 Å². The summed E-state index contributed by atoms with van der Waals surface area (Å²) < 4.78 is 5.10. The summed E-state index contributed by atoms with van der Waals surface area (Å²) >= 11 is 0. The minimum atomic E-state index is -1.04. The number of tetrazole rings is 1. The molecule has 0 aliphatic rings. The van der Waals surface area contributed by atoms with Crippen LogP contribution in [0.25, 0.3) is 11.4 Å². The molecule has 1 aromatic heterocycles. The molecule has 0 bridgehead atoms. The lowest BCUT2D eigenvalue weighted by atomic mass is 10.2. The van der Waals surface area contributed by atoms with E-state index in [4.69, 9.17) is 9.84 Å². The number of H-pyrrole nitrogens is 1. The van der Waals surface area contributed by atoms with E-state index < -0.39 is 12.6 Å². The Kier molecular flexibility index (Phi) is 2.77. The van der Waals surface area contributed by atoms with Crippen molar-refractivity contribution in [3.05, 3.63) is 24.3 Å². The molecule has 2 aromatic rings. The quantitative estimate of drug-likeness (QED) is 0.769. The lowest BCUT2D eigenvalue weighted by Crippen LogP contribution is -2.10. The molecule has 0 fully saturated rings. The van der Waals surface area contributed by atoms with Crippen LogP contribution in [0.15, 0.2) is 24.3 Å². The number of rotatable bonds is 4. The maximum absolute atomic E-state index is 10.4. The smallest absolute Gasteiger partial charge is 0.341 e. The molecule has 2 N–H and O–H groups in total. The van der Waals surface area contributed by atoms with Gasteiger partial charge in [0.2, 0.25) is 5.82 Å². The van der Waals surface area contributed by atoms with Crippen molar-refractivity contribution in [2.45, 2.75) is 0 Å². The fourth-order valence-corrected chi connectivity index (χ4v) is 1.19. The van der Waals surface area contributed by atoms with Gasteiger partial charge in [-0.25, -0.2) is 4.79 Å². The maximum atomic E-state index is 10.4. The van der Waals surface area contributed by atoms with Crippen molar-refractivity contribution < 1.29 is 14.6 Å². The summed E-state index contributed by atoms with van der Waals surface area (Å²) in [5, 5.41) is 21.9. The van der Waals surface area contributed by atoms with Crippen LogP contribution >= 0.6 is 0 Å². The number of nitrogens with zero attached hydrogens (tertiary/aromatic N) is 3. The van der Waals surface area contributed by atoms with Crippen LogP contribution < -0.4 is 4.74 Å². The Balaban J connectivity index is 2.27. The van der Waals surface area contributed by atoms with Crippen LogP contribution in [0.4, 0.5) is 0 Å². The van der Waals surface area contributed by atoms with Crippen molar-refractivity contribution in [2.24, 2.45) is 0 Å².